The molecule has 7 heteroatoms. The van der Waals surface area contributed by atoms with Gasteiger partial charge >= 0.3 is 6.61 Å². The first-order chi connectivity index (χ1) is 11.4. The molecule has 0 aromatic heterocycles. The van der Waals surface area contributed by atoms with Gasteiger partial charge in [0.25, 0.3) is 0 Å². The van der Waals surface area contributed by atoms with Gasteiger partial charge in [-0.1, -0.05) is 6.08 Å². The molecule has 0 saturated heterocycles. The number of benzene rings is 2. The summed E-state index contributed by atoms with van der Waals surface area (Å²) in [4.78, 5) is 12.1. The highest BCUT2D eigenvalue weighted by Gasteiger charge is 2.09. The second-order valence-electron chi connectivity index (χ2n) is 4.65. The Morgan fingerprint density at radius 2 is 1.92 bits per heavy atom. The van der Waals surface area contributed by atoms with Crippen molar-refractivity contribution in [1.82, 2.24) is 0 Å². The summed E-state index contributed by atoms with van der Waals surface area (Å²) in [6, 6.07) is 8.60. The average molecular weight is 399 g/mol. The van der Waals surface area contributed by atoms with Crippen LogP contribution in [0.15, 0.2) is 46.9 Å². The van der Waals surface area contributed by atoms with E-state index in [1.165, 1.54) is 37.5 Å². The van der Waals surface area contributed by atoms with E-state index in [0.29, 0.717) is 15.6 Å². The van der Waals surface area contributed by atoms with Crippen molar-refractivity contribution in [3.8, 4) is 17.2 Å². The van der Waals surface area contributed by atoms with Gasteiger partial charge in [-0.15, -0.1) is 0 Å². The van der Waals surface area contributed by atoms with Gasteiger partial charge in [0.1, 0.15) is 5.75 Å². The second-order valence-corrected chi connectivity index (χ2v) is 5.51. The third kappa shape index (κ3) is 4.55. The SMILES string of the molecule is COc1cc(C=CC(=O)c2ccc(OC(F)F)cc2)cc(Br)c1O. The van der Waals surface area contributed by atoms with Crippen LogP contribution in [0.3, 0.4) is 0 Å². The predicted molar refractivity (Wildman–Crippen MR) is 88.8 cm³/mol. The molecule has 0 aliphatic rings. The topological polar surface area (TPSA) is 55.8 Å². The zero-order chi connectivity index (χ0) is 17.7. The van der Waals surface area contributed by atoms with E-state index in [0.717, 1.165) is 0 Å². The zero-order valence-electron chi connectivity index (χ0n) is 12.5. The van der Waals surface area contributed by atoms with Crippen molar-refractivity contribution >= 4 is 27.8 Å². The normalized spacial score (nSPS) is 11.0. The van der Waals surface area contributed by atoms with Crippen LogP contribution in [0.5, 0.6) is 17.2 Å². The molecule has 24 heavy (non-hydrogen) atoms. The molecule has 0 aliphatic heterocycles. The van der Waals surface area contributed by atoms with Crippen LogP contribution in [0, 0.1) is 0 Å². The minimum absolute atomic E-state index is 0.0160. The summed E-state index contributed by atoms with van der Waals surface area (Å²) >= 11 is 3.19. The maximum atomic E-state index is 12.1. The third-order valence-electron chi connectivity index (χ3n) is 3.06. The van der Waals surface area contributed by atoms with Crippen LogP contribution in [-0.2, 0) is 0 Å². The fourth-order valence-corrected chi connectivity index (χ4v) is 2.37. The fourth-order valence-electron chi connectivity index (χ4n) is 1.91. The van der Waals surface area contributed by atoms with Crippen LogP contribution in [0.2, 0.25) is 0 Å². The minimum atomic E-state index is -2.91. The molecule has 0 heterocycles. The first kappa shape index (κ1) is 17.9. The summed E-state index contributed by atoms with van der Waals surface area (Å²) in [5.74, 6) is -0.0833. The molecule has 126 valence electrons. The van der Waals surface area contributed by atoms with Crippen molar-refractivity contribution in [2.45, 2.75) is 6.61 Å². The van der Waals surface area contributed by atoms with Crippen LogP contribution in [0.1, 0.15) is 15.9 Å². The van der Waals surface area contributed by atoms with Crippen molar-refractivity contribution in [1.29, 1.82) is 0 Å². The summed E-state index contributed by atoms with van der Waals surface area (Å²) in [6.07, 6.45) is 2.89. The maximum absolute atomic E-state index is 12.1. The molecule has 0 spiro atoms. The first-order valence-corrected chi connectivity index (χ1v) is 7.54. The van der Waals surface area contributed by atoms with Gasteiger partial charge in [0, 0.05) is 5.56 Å². The molecule has 0 unspecified atom stereocenters. The van der Waals surface area contributed by atoms with Gasteiger partial charge in [0.15, 0.2) is 17.3 Å². The molecule has 2 rings (SSSR count). The van der Waals surface area contributed by atoms with Crippen LogP contribution < -0.4 is 9.47 Å². The maximum Gasteiger partial charge on any atom is 0.387 e. The molecule has 0 radical (unpaired) electrons. The average Bonchev–Trinajstić information content (AvgIpc) is 2.55. The first-order valence-electron chi connectivity index (χ1n) is 6.74. The van der Waals surface area contributed by atoms with E-state index in [1.807, 2.05) is 0 Å². The molecule has 2 aromatic rings. The van der Waals surface area contributed by atoms with E-state index in [2.05, 4.69) is 20.7 Å². The Hall–Kier alpha value is -2.41. The van der Waals surface area contributed by atoms with E-state index < -0.39 is 6.61 Å². The number of hydrogen-bond donors (Lipinski definition) is 1. The molecule has 1 N–H and O–H groups in total. The lowest BCUT2D eigenvalue weighted by Crippen LogP contribution is -2.02. The highest BCUT2D eigenvalue weighted by molar-refractivity contribution is 9.10. The number of alkyl halides is 2. The number of ketones is 1. The number of allylic oxidation sites excluding steroid dienone is 1. The van der Waals surface area contributed by atoms with Gasteiger partial charge in [0.05, 0.1) is 11.6 Å². The molecule has 0 fully saturated rings. The Labute approximate surface area is 145 Å². The van der Waals surface area contributed by atoms with Crippen molar-refractivity contribution in [2.24, 2.45) is 0 Å². The number of aromatic hydroxyl groups is 1. The molecular weight excluding hydrogens is 386 g/mol. The lowest BCUT2D eigenvalue weighted by molar-refractivity contribution is -0.0498. The Bertz CT molecular complexity index is 758. The molecule has 0 bridgehead atoms. The quantitative estimate of drug-likeness (QED) is 0.567. The zero-order valence-corrected chi connectivity index (χ0v) is 14.1. The molecule has 4 nitrogen and oxygen atoms in total. The van der Waals surface area contributed by atoms with Crippen LogP contribution in [0.4, 0.5) is 8.78 Å². The Kier molecular flexibility index (Phi) is 5.92. The van der Waals surface area contributed by atoms with Crippen LogP contribution in [0.25, 0.3) is 6.08 Å². The molecule has 0 atom stereocenters. The van der Waals surface area contributed by atoms with E-state index >= 15 is 0 Å². The number of hydrogen-bond acceptors (Lipinski definition) is 4. The van der Waals surface area contributed by atoms with Gasteiger partial charge in [-0.2, -0.15) is 8.78 Å². The van der Waals surface area contributed by atoms with E-state index in [9.17, 15) is 18.7 Å². The van der Waals surface area contributed by atoms with Crippen LogP contribution in [-0.4, -0.2) is 24.6 Å². The standard InChI is InChI=1S/C17H13BrF2O4/c1-23-15-9-10(8-13(18)16(15)22)2-7-14(21)11-3-5-12(6-4-11)24-17(19)20/h2-9,17,22H,1H3. The smallest absolute Gasteiger partial charge is 0.387 e. The van der Waals surface area contributed by atoms with Crippen molar-refractivity contribution in [3.63, 3.8) is 0 Å². The summed E-state index contributed by atoms with van der Waals surface area (Å²) < 4.78 is 33.8. The molecule has 0 saturated carbocycles. The number of phenolic OH excluding ortho intramolecular Hbond substituents is 1. The van der Waals surface area contributed by atoms with Crippen molar-refractivity contribution < 1.29 is 28.2 Å². The number of halogens is 3. The highest BCUT2D eigenvalue weighted by Crippen LogP contribution is 2.35. The van der Waals surface area contributed by atoms with Gasteiger partial charge in [-0.3, -0.25) is 4.79 Å². The number of methoxy groups -OCH3 is 1. The second kappa shape index (κ2) is 7.92. The van der Waals surface area contributed by atoms with E-state index in [4.69, 9.17) is 4.74 Å². The van der Waals surface area contributed by atoms with Crippen molar-refractivity contribution in [2.75, 3.05) is 7.11 Å². The summed E-state index contributed by atoms with van der Waals surface area (Å²) in [7, 11) is 1.42. The molecule has 0 amide bonds. The minimum Gasteiger partial charge on any atom is -0.503 e. The third-order valence-corrected chi connectivity index (χ3v) is 3.67. The molecule has 2 aromatic carbocycles. The summed E-state index contributed by atoms with van der Waals surface area (Å²) in [5.41, 5.74) is 0.972. The van der Waals surface area contributed by atoms with Gasteiger partial charge < -0.3 is 14.6 Å². The largest absolute Gasteiger partial charge is 0.503 e. The lowest BCUT2D eigenvalue weighted by atomic mass is 10.1. The fraction of sp³-hybridized carbons (Fsp3) is 0.118. The van der Waals surface area contributed by atoms with E-state index in [-0.39, 0.29) is 23.0 Å². The highest BCUT2D eigenvalue weighted by atomic mass is 79.9. The number of carbonyl (C=O) groups is 1. The Morgan fingerprint density at radius 3 is 2.50 bits per heavy atom. The number of rotatable bonds is 6. The van der Waals surface area contributed by atoms with Crippen molar-refractivity contribution in [3.05, 3.63) is 58.1 Å². The molecular formula is C17H13BrF2O4. The molecule has 0 aliphatic carbocycles. The number of carbonyl (C=O) groups excluding carboxylic acids is 1. The number of ether oxygens (including phenoxy) is 2. The predicted octanol–water partition coefficient (Wildman–Crippen LogP) is 4.66. The monoisotopic (exact) mass is 398 g/mol. The van der Waals surface area contributed by atoms with Gasteiger partial charge in [-0.05, 0) is 64.0 Å². The van der Waals surface area contributed by atoms with Gasteiger partial charge in [0.2, 0.25) is 0 Å². The summed E-state index contributed by atoms with van der Waals surface area (Å²) in [6.45, 7) is -2.91. The Morgan fingerprint density at radius 1 is 1.25 bits per heavy atom. The van der Waals surface area contributed by atoms with E-state index in [1.54, 1.807) is 18.2 Å². The van der Waals surface area contributed by atoms with Gasteiger partial charge in [-0.25, -0.2) is 0 Å². The number of phenols is 1. The Balaban J connectivity index is 2.14. The summed E-state index contributed by atoms with van der Waals surface area (Å²) in [5, 5.41) is 9.74. The van der Waals surface area contributed by atoms with Crippen LogP contribution >= 0.6 is 15.9 Å². The lowest BCUT2D eigenvalue weighted by Gasteiger charge is -2.06.